The molecule has 5 nitrogen and oxygen atoms in total. The summed E-state index contributed by atoms with van der Waals surface area (Å²) in [5, 5.41) is 5.74. The Morgan fingerprint density at radius 2 is 2.24 bits per heavy atom. The first kappa shape index (κ1) is 14.1. The van der Waals surface area contributed by atoms with Gasteiger partial charge in [0.15, 0.2) is 0 Å². The number of amides is 2. The van der Waals surface area contributed by atoms with Crippen LogP contribution in [0.25, 0.3) is 0 Å². The molecule has 1 saturated carbocycles. The van der Waals surface area contributed by atoms with Gasteiger partial charge in [-0.1, -0.05) is 12.8 Å². The van der Waals surface area contributed by atoms with E-state index in [0.29, 0.717) is 6.42 Å². The highest BCUT2D eigenvalue weighted by atomic mass is 16.2. The van der Waals surface area contributed by atoms with Gasteiger partial charge in [0.05, 0.1) is 12.3 Å². The predicted molar refractivity (Wildman–Crippen MR) is 82.0 cm³/mol. The molecule has 112 valence electrons. The minimum Gasteiger partial charge on any atom is -0.326 e. The lowest BCUT2D eigenvalue weighted by Gasteiger charge is -2.37. The summed E-state index contributed by atoms with van der Waals surface area (Å²) in [4.78, 5) is 23.8. The summed E-state index contributed by atoms with van der Waals surface area (Å²) in [5.41, 5.74) is 8.33. The van der Waals surface area contributed by atoms with Crippen LogP contribution in [0, 0.1) is 5.92 Å². The highest BCUT2D eigenvalue weighted by molar-refractivity contribution is 6.00. The molecular weight excluding hydrogens is 266 g/mol. The molecule has 0 bridgehead atoms. The molecule has 2 atom stereocenters. The van der Waals surface area contributed by atoms with E-state index >= 15 is 0 Å². The molecule has 3 rings (SSSR count). The van der Waals surface area contributed by atoms with Gasteiger partial charge in [-0.05, 0) is 43.5 Å². The summed E-state index contributed by atoms with van der Waals surface area (Å²) in [5.74, 6) is -0.175. The first-order chi connectivity index (χ1) is 9.95. The van der Waals surface area contributed by atoms with Crippen LogP contribution in [0.4, 0.5) is 11.4 Å². The van der Waals surface area contributed by atoms with Crippen LogP contribution in [0.2, 0.25) is 0 Å². The average molecular weight is 287 g/mol. The number of hydrogen-bond acceptors (Lipinski definition) is 3. The van der Waals surface area contributed by atoms with Gasteiger partial charge in [0.25, 0.3) is 0 Å². The van der Waals surface area contributed by atoms with Gasteiger partial charge in [0.1, 0.15) is 0 Å². The van der Waals surface area contributed by atoms with Crippen LogP contribution < -0.4 is 16.4 Å². The van der Waals surface area contributed by atoms with E-state index in [4.69, 9.17) is 5.73 Å². The Morgan fingerprint density at radius 3 is 3.00 bits per heavy atom. The number of benzene rings is 1. The van der Waals surface area contributed by atoms with Crippen LogP contribution in [0.1, 0.15) is 38.2 Å². The Labute approximate surface area is 124 Å². The second-order valence-electron chi connectivity index (χ2n) is 6.39. The van der Waals surface area contributed by atoms with Crippen LogP contribution >= 0.6 is 0 Å². The fourth-order valence-electron chi connectivity index (χ4n) is 3.33. The quantitative estimate of drug-likeness (QED) is 0.778. The second kappa shape index (κ2) is 5.15. The topological polar surface area (TPSA) is 84.2 Å². The second-order valence-corrected chi connectivity index (χ2v) is 6.39. The summed E-state index contributed by atoms with van der Waals surface area (Å²) >= 11 is 0. The molecule has 0 aromatic heterocycles. The summed E-state index contributed by atoms with van der Waals surface area (Å²) in [7, 11) is 0. The number of rotatable bonds is 2. The number of nitrogens with two attached hydrogens (primary N) is 1. The van der Waals surface area contributed by atoms with Crippen LogP contribution in [-0.4, -0.2) is 17.4 Å². The third kappa shape index (κ3) is 2.78. The van der Waals surface area contributed by atoms with E-state index in [1.165, 1.54) is 0 Å². The van der Waals surface area contributed by atoms with E-state index in [-0.39, 0.29) is 17.7 Å². The normalized spacial score (nSPS) is 27.9. The van der Waals surface area contributed by atoms with Crippen molar-refractivity contribution in [3.63, 3.8) is 0 Å². The lowest BCUT2D eigenvalue weighted by molar-refractivity contribution is -0.122. The maximum Gasteiger partial charge on any atom is 0.229 e. The molecular formula is C16H21N3O2. The number of hydrogen-bond donors (Lipinski definition) is 3. The average Bonchev–Trinajstić information content (AvgIpc) is 2.77. The highest BCUT2D eigenvalue weighted by Crippen LogP contribution is 2.33. The Hall–Kier alpha value is -1.88. The van der Waals surface area contributed by atoms with E-state index in [9.17, 15) is 9.59 Å². The summed E-state index contributed by atoms with van der Waals surface area (Å²) in [6, 6.07) is 5.51. The van der Waals surface area contributed by atoms with Crippen LogP contribution in [0.3, 0.4) is 0 Å². The highest BCUT2D eigenvalue weighted by Gasteiger charge is 2.37. The molecule has 2 aliphatic rings. The van der Waals surface area contributed by atoms with Crippen molar-refractivity contribution in [3.8, 4) is 0 Å². The van der Waals surface area contributed by atoms with Crippen molar-refractivity contribution in [3.05, 3.63) is 23.8 Å². The van der Waals surface area contributed by atoms with Gasteiger partial charge in [0.2, 0.25) is 11.8 Å². The maximum absolute atomic E-state index is 12.5. The van der Waals surface area contributed by atoms with Gasteiger partial charge in [-0.2, -0.15) is 0 Å². The Bertz CT molecular complexity index is 595. The third-order valence-electron chi connectivity index (χ3n) is 4.57. The van der Waals surface area contributed by atoms with E-state index in [1.54, 1.807) is 0 Å². The number of fused-ring (bicyclic) bond motifs is 1. The molecule has 4 N–H and O–H groups in total. The van der Waals surface area contributed by atoms with Gasteiger partial charge in [-0.3, -0.25) is 9.59 Å². The van der Waals surface area contributed by atoms with E-state index in [1.807, 2.05) is 25.1 Å². The molecule has 1 heterocycles. The lowest BCUT2D eigenvalue weighted by Crippen LogP contribution is -2.51. The Kier molecular flexibility index (Phi) is 3.45. The van der Waals surface area contributed by atoms with Crippen LogP contribution in [0.5, 0.6) is 0 Å². The van der Waals surface area contributed by atoms with Crippen molar-refractivity contribution in [1.29, 1.82) is 0 Å². The van der Waals surface area contributed by atoms with Gasteiger partial charge in [-0.15, -0.1) is 0 Å². The fourth-order valence-corrected chi connectivity index (χ4v) is 3.33. The minimum absolute atomic E-state index is 0.00436. The lowest BCUT2D eigenvalue weighted by atomic mass is 9.74. The molecule has 1 aromatic rings. The number of nitrogens with one attached hydrogen (secondary N) is 2. The first-order valence-electron chi connectivity index (χ1n) is 7.48. The van der Waals surface area contributed by atoms with Gasteiger partial charge >= 0.3 is 0 Å². The van der Waals surface area contributed by atoms with E-state index < -0.39 is 5.54 Å². The minimum atomic E-state index is -0.434. The van der Waals surface area contributed by atoms with Crippen molar-refractivity contribution >= 4 is 23.2 Å². The number of carbonyl (C=O) groups excluding carboxylic acids is 2. The molecule has 1 fully saturated rings. The Morgan fingerprint density at radius 1 is 1.43 bits per heavy atom. The molecule has 1 aromatic carbocycles. The van der Waals surface area contributed by atoms with Crippen LogP contribution in [0.15, 0.2) is 18.2 Å². The molecule has 0 saturated heterocycles. The number of carbonyl (C=O) groups is 2. The fraction of sp³-hybridized carbons (Fsp3) is 0.500. The van der Waals surface area contributed by atoms with Crippen molar-refractivity contribution in [2.24, 2.45) is 11.7 Å². The molecule has 1 aliphatic carbocycles. The van der Waals surface area contributed by atoms with Crippen LogP contribution in [-0.2, 0) is 16.0 Å². The van der Waals surface area contributed by atoms with E-state index in [2.05, 4.69) is 10.6 Å². The zero-order valence-corrected chi connectivity index (χ0v) is 12.2. The third-order valence-corrected chi connectivity index (χ3v) is 4.57. The zero-order valence-electron chi connectivity index (χ0n) is 12.2. The van der Waals surface area contributed by atoms with Crippen molar-refractivity contribution in [2.45, 2.75) is 44.6 Å². The standard InChI is InChI=1S/C16H21N3O2/c1-16(17)7-3-2-4-12(16)15(21)18-11-5-6-13-10(8-11)9-14(20)19-13/h5-6,8,12H,2-4,7,9,17H2,1H3,(H,18,21)(H,19,20). The molecule has 1 aliphatic heterocycles. The molecule has 0 spiro atoms. The van der Waals surface area contributed by atoms with E-state index in [0.717, 1.165) is 42.6 Å². The van der Waals surface area contributed by atoms with Gasteiger partial charge in [-0.25, -0.2) is 0 Å². The summed E-state index contributed by atoms with van der Waals surface area (Å²) in [6.07, 6.45) is 4.23. The Balaban J connectivity index is 1.73. The molecule has 5 heteroatoms. The van der Waals surface area contributed by atoms with Gasteiger partial charge < -0.3 is 16.4 Å². The van der Waals surface area contributed by atoms with Crippen molar-refractivity contribution < 1.29 is 9.59 Å². The molecule has 21 heavy (non-hydrogen) atoms. The van der Waals surface area contributed by atoms with Crippen molar-refractivity contribution in [1.82, 2.24) is 0 Å². The summed E-state index contributed by atoms with van der Waals surface area (Å²) < 4.78 is 0. The number of anilines is 2. The zero-order chi connectivity index (χ0) is 15.0. The summed E-state index contributed by atoms with van der Waals surface area (Å²) in [6.45, 7) is 1.96. The molecule has 0 radical (unpaired) electrons. The SMILES string of the molecule is CC1(N)CCCCC1C(=O)Nc1ccc2c(c1)CC(=O)N2. The molecule has 2 amide bonds. The monoisotopic (exact) mass is 287 g/mol. The smallest absolute Gasteiger partial charge is 0.229 e. The largest absolute Gasteiger partial charge is 0.326 e. The van der Waals surface area contributed by atoms with Gasteiger partial charge in [0, 0.05) is 16.9 Å². The maximum atomic E-state index is 12.5. The predicted octanol–water partition coefficient (Wildman–Crippen LogP) is 2.03. The molecule has 2 unspecified atom stereocenters. The van der Waals surface area contributed by atoms with Crippen molar-refractivity contribution in [2.75, 3.05) is 10.6 Å². The first-order valence-corrected chi connectivity index (χ1v) is 7.48.